The monoisotopic (exact) mass is 349 g/mol. The van der Waals surface area contributed by atoms with Crippen molar-refractivity contribution in [2.75, 3.05) is 13.1 Å². The molecule has 0 aliphatic rings. The van der Waals surface area contributed by atoms with Crippen LogP contribution in [0.2, 0.25) is 0 Å². The predicted octanol–water partition coefficient (Wildman–Crippen LogP) is 3.59. The van der Waals surface area contributed by atoms with E-state index in [9.17, 15) is 14.9 Å². The molecule has 0 unspecified atom stereocenters. The molecule has 2 aromatic carbocycles. The number of nitriles is 1. The van der Waals surface area contributed by atoms with E-state index in [1.807, 2.05) is 30.3 Å². The lowest BCUT2D eigenvalue weighted by Crippen LogP contribution is -2.32. The fourth-order valence-electron chi connectivity index (χ4n) is 2.44. The summed E-state index contributed by atoms with van der Waals surface area (Å²) in [5, 5.41) is 19.6. The molecule has 1 amide bonds. The summed E-state index contributed by atoms with van der Waals surface area (Å²) >= 11 is 0. The number of hydrogen-bond donors (Lipinski definition) is 0. The van der Waals surface area contributed by atoms with Crippen molar-refractivity contribution < 1.29 is 9.72 Å². The number of nitrogens with zero attached hydrogens (tertiary/aromatic N) is 3. The molecule has 0 spiro atoms. The minimum Gasteiger partial charge on any atom is -0.338 e. The van der Waals surface area contributed by atoms with E-state index in [1.165, 1.54) is 18.2 Å². The molecule has 0 radical (unpaired) electrons. The van der Waals surface area contributed by atoms with Crippen LogP contribution in [0.4, 0.5) is 5.69 Å². The van der Waals surface area contributed by atoms with Crippen molar-refractivity contribution in [2.24, 2.45) is 0 Å². The summed E-state index contributed by atoms with van der Waals surface area (Å²) in [7, 11) is 0. The first kappa shape index (κ1) is 18.9. The minimum atomic E-state index is -0.474. The molecule has 26 heavy (non-hydrogen) atoms. The van der Waals surface area contributed by atoms with E-state index < -0.39 is 4.92 Å². The van der Waals surface area contributed by atoms with Crippen molar-refractivity contribution in [3.63, 3.8) is 0 Å². The van der Waals surface area contributed by atoms with Gasteiger partial charge in [-0.3, -0.25) is 14.9 Å². The van der Waals surface area contributed by atoms with E-state index >= 15 is 0 Å². The molecule has 0 aromatic heterocycles. The molecule has 2 aromatic rings. The van der Waals surface area contributed by atoms with E-state index in [1.54, 1.807) is 23.1 Å². The Hall–Kier alpha value is -3.46. The molecular formula is C20H19N3O3. The van der Waals surface area contributed by atoms with E-state index in [0.717, 1.165) is 5.56 Å². The SMILES string of the molecule is N#CCCN(CCc1ccccc1)C(=O)/C=C/c1cccc([N+](=O)[O-])c1. The van der Waals surface area contributed by atoms with Crippen molar-refractivity contribution >= 4 is 17.7 Å². The molecule has 0 aliphatic heterocycles. The average molecular weight is 349 g/mol. The quantitative estimate of drug-likeness (QED) is 0.414. The molecule has 2 rings (SSSR count). The molecule has 6 heteroatoms. The number of carbonyl (C=O) groups excluding carboxylic acids is 1. The summed E-state index contributed by atoms with van der Waals surface area (Å²) in [5.41, 5.74) is 1.67. The third kappa shape index (κ3) is 5.87. The van der Waals surface area contributed by atoms with Gasteiger partial charge in [0.05, 0.1) is 17.4 Å². The van der Waals surface area contributed by atoms with Crippen LogP contribution in [0.1, 0.15) is 17.5 Å². The Morgan fingerprint density at radius 2 is 1.92 bits per heavy atom. The highest BCUT2D eigenvalue weighted by atomic mass is 16.6. The van der Waals surface area contributed by atoms with Crippen LogP contribution in [0, 0.1) is 21.4 Å². The summed E-state index contributed by atoms with van der Waals surface area (Å²) in [5.74, 6) is -0.220. The standard InChI is InChI=1S/C20H19N3O3/c21-13-5-14-22(15-12-17-6-2-1-3-7-17)20(24)11-10-18-8-4-9-19(16-18)23(25)26/h1-4,6-11,16H,5,12,14-15H2/b11-10+. The number of hydrogen-bond acceptors (Lipinski definition) is 4. The molecule has 6 nitrogen and oxygen atoms in total. The zero-order valence-corrected chi connectivity index (χ0v) is 14.2. The third-order valence-electron chi connectivity index (χ3n) is 3.82. The van der Waals surface area contributed by atoms with Gasteiger partial charge in [-0.15, -0.1) is 0 Å². The molecule has 0 fully saturated rings. The Morgan fingerprint density at radius 1 is 1.15 bits per heavy atom. The van der Waals surface area contributed by atoms with Crippen LogP contribution in [-0.2, 0) is 11.2 Å². The summed E-state index contributed by atoms with van der Waals surface area (Å²) in [6.07, 6.45) is 3.90. The summed E-state index contributed by atoms with van der Waals surface area (Å²) in [6.45, 7) is 0.852. The molecule has 0 heterocycles. The van der Waals surface area contributed by atoms with Crippen molar-refractivity contribution in [2.45, 2.75) is 12.8 Å². The van der Waals surface area contributed by atoms with Gasteiger partial charge in [-0.2, -0.15) is 5.26 Å². The number of nitro benzene ring substituents is 1. The molecule has 132 valence electrons. The smallest absolute Gasteiger partial charge is 0.270 e. The zero-order valence-electron chi connectivity index (χ0n) is 14.2. The van der Waals surface area contributed by atoms with Gasteiger partial charge in [0, 0.05) is 31.3 Å². The minimum absolute atomic E-state index is 0.0231. The van der Waals surface area contributed by atoms with E-state index in [-0.39, 0.29) is 18.0 Å². The van der Waals surface area contributed by atoms with Crippen molar-refractivity contribution in [3.05, 3.63) is 81.9 Å². The van der Waals surface area contributed by atoms with Crippen LogP contribution >= 0.6 is 0 Å². The van der Waals surface area contributed by atoms with Crippen molar-refractivity contribution in [1.29, 1.82) is 5.26 Å². The Morgan fingerprint density at radius 3 is 2.62 bits per heavy atom. The van der Waals surface area contributed by atoms with Crippen LogP contribution < -0.4 is 0 Å². The Kier molecular flexibility index (Phi) is 7.07. The second-order valence-corrected chi connectivity index (χ2v) is 5.65. The van der Waals surface area contributed by atoms with Gasteiger partial charge in [0.25, 0.3) is 5.69 Å². The maximum atomic E-state index is 12.5. The van der Waals surface area contributed by atoms with Crippen molar-refractivity contribution in [3.8, 4) is 6.07 Å². The van der Waals surface area contributed by atoms with Crippen molar-refractivity contribution in [1.82, 2.24) is 4.90 Å². The topological polar surface area (TPSA) is 87.2 Å². The number of carbonyl (C=O) groups is 1. The number of rotatable bonds is 8. The summed E-state index contributed by atoms with van der Waals surface area (Å²) in [6, 6.07) is 17.9. The zero-order chi connectivity index (χ0) is 18.8. The second-order valence-electron chi connectivity index (χ2n) is 5.65. The third-order valence-corrected chi connectivity index (χ3v) is 3.82. The Bertz CT molecular complexity index is 826. The molecular weight excluding hydrogens is 330 g/mol. The fraction of sp³-hybridized carbons (Fsp3) is 0.200. The van der Waals surface area contributed by atoms with Gasteiger partial charge in [0.1, 0.15) is 0 Å². The molecule has 0 aliphatic carbocycles. The molecule has 0 saturated carbocycles. The fourth-order valence-corrected chi connectivity index (χ4v) is 2.44. The maximum absolute atomic E-state index is 12.5. The van der Waals surface area contributed by atoms with Crippen LogP contribution in [-0.4, -0.2) is 28.8 Å². The predicted molar refractivity (Wildman–Crippen MR) is 99.1 cm³/mol. The lowest BCUT2D eigenvalue weighted by molar-refractivity contribution is -0.384. The summed E-state index contributed by atoms with van der Waals surface area (Å²) < 4.78 is 0. The largest absolute Gasteiger partial charge is 0.338 e. The number of amides is 1. The first-order valence-electron chi connectivity index (χ1n) is 8.22. The maximum Gasteiger partial charge on any atom is 0.270 e. The lowest BCUT2D eigenvalue weighted by atomic mass is 10.1. The average Bonchev–Trinajstić information content (AvgIpc) is 2.67. The highest BCUT2D eigenvalue weighted by molar-refractivity contribution is 5.91. The van der Waals surface area contributed by atoms with Gasteiger partial charge in [-0.25, -0.2) is 0 Å². The first-order chi connectivity index (χ1) is 12.6. The van der Waals surface area contributed by atoms with Gasteiger partial charge in [0.2, 0.25) is 5.91 Å². The van der Waals surface area contributed by atoms with Gasteiger partial charge < -0.3 is 4.90 Å². The lowest BCUT2D eigenvalue weighted by Gasteiger charge is -2.20. The van der Waals surface area contributed by atoms with Gasteiger partial charge >= 0.3 is 0 Å². The first-order valence-corrected chi connectivity index (χ1v) is 8.22. The van der Waals surface area contributed by atoms with Gasteiger partial charge in [0.15, 0.2) is 0 Å². The number of non-ortho nitro benzene ring substituents is 1. The normalized spacial score (nSPS) is 10.4. The molecule has 0 atom stereocenters. The van der Waals surface area contributed by atoms with Gasteiger partial charge in [-0.05, 0) is 23.6 Å². The summed E-state index contributed by atoms with van der Waals surface area (Å²) in [4.78, 5) is 24.4. The number of nitro groups is 1. The van der Waals surface area contributed by atoms with Crippen LogP contribution in [0.25, 0.3) is 6.08 Å². The van der Waals surface area contributed by atoms with Crippen LogP contribution in [0.5, 0.6) is 0 Å². The molecule has 0 N–H and O–H groups in total. The highest BCUT2D eigenvalue weighted by Crippen LogP contribution is 2.14. The van der Waals surface area contributed by atoms with E-state index in [4.69, 9.17) is 5.26 Å². The second kappa shape index (κ2) is 9.74. The van der Waals surface area contributed by atoms with E-state index in [2.05, 4.69) is 6.07 Å². The van der Waals surface area contributed by atoms with E-state index in [0.29, 0.717) is 25.1 Å². The Balaban J connectivity index is 2.04. The Labute approximate surface area is 152 Å². The molecule has 0 saturated heterocycles. The van der Waals surface area contributed by atoms with Crippen LogP contribution in [0.3, 0.4) is 0 Å². The van der Waals surface area contributed by atoms with Gasteiger partial charge in [-0.1, -0.05) is 42.5 Å². The van der Waals surface area contributed by atoms with Crippen LogP contribution in [0.15, 0.2) is 60.7 Å². The number of benzene rings is 2. The highest BCUT2D eigenvalue weighted by Gasteiger charge is 2.11. The molecule has 0 bridgehead atoms.